The normalized spacial score (nSPS) is 10.1. The van der Waals surface area contributed by atoms with Crippen LogP contribution in [0.4, 0.5) is 5.69 Å². The number of hydrogen-bond donors (Lipinski definition) is 1. The minimum absolute atomic E-state index is 0.159. The summed E-state index contributed by atoms with van der Waals surface area (Å²) in [6.07, 6.45) is 1.52. The number of carbonyl (C=O) groups is 1. The van der Waals surface area contributed by atoms with Crippen molar-refractivity contribution in [1.29, 1.82) is 0 Å². The summed E-state index contributed by atoms with van der Waals surface area (Å²) < 4.78 is 4.89. The van der Waals surface area contributed by atoms with Crippen molar-refractivity contribution in [3.63, 3.8) is 0 Å². The van der Waals surface area contributed by atoms with Gasteiger partial charge in [0.2, 0.25) is 0 Å². The number of nitro benzene ring substituents is 1. The molecule has 0 unspecified atom stereocenters. The summed E-state index contributed by atoms with van der Waals surface area (Å²) in [4.78, 5) is 24.0. The second-order valence-electron chi connectivity index (χ2n) is 3.99. The summed E-state index contributed by atoms with van der Waals surface area (Å²) in [6, 6.07) is 3.36. The molecular weight excluding hydrogens is 264 g/mol. The molecule has 1 aromatic carbocycles. The number of phenols is 1. The van der Waals surface area contributed by atoms with Gasteiger partial charge >= 0.3 is 0 Å². The van der Waals surface area contributed by atoms with Crippen LogP contribution in [0.2, 0.25) is 0 Å². The number of phenolic OH excluding ortho intramolecular Hbond substituents is 1. The third-order valence-electron chi connectivity index (χ3n) is 2.61. The molecule has 7 nitrogen and oxygen atoms in total. The first-order valence-electron chi connectivity index (χ1n) is 5.87. The van der Waals surface area contributed by atoms with Gasteiger partial charge in [-0.05, 0) is 12.1 Å². The standard InChI is InChI=1S/C13H16N2O5/c1-3-6-14(7-8-20-2)13(17)11-9-10(16)4-5-12(11)15(18)19/h3-5,9,16H,1,6-8H2,2H3. The molecule has 20 heavy (non-hydrogen) atoms. The molecule has 0 spiro atoms. The molecule has 108 valence electrons. The van der Waals surface area contributed by atoms with Gasteiger partial charge in [-0.15, -0.1) is 6.58 Å². The highest BCUT2D eigenvalue weighted by Gasteiger charge is 2.24. The van der Waals surface area contributed by atoms with E-state index in [-0.39, 0.29) is 30.1 Å². The third-order valence-corrected chi connectivity index (χ3v) is 2.61. The van der Waals surface area contributed by atoms with Crippen molar-refractivity contribution in [2.24, 2.45) is 0 Å². The predicted octanol–water partition coefficient (Wildman–Crippen LogP) is 1.57. The van der Waals surface area contributed by atoms with Crippen LogP contribution in [-0.4, -0.2) is 47.6 Å². The first-order valence-corrected chi connectivity index (χ1v) is 5.87. The van der Waals surface area contributed by atoms with Crippen molar-refractivity contribution in [2.45, 2.75) is 0 Å². The second kappa shape index (κ2) is 7.25. The Hall–Kier alpha value is -2.41. The minimum atomic E-state index is -0.658. The van der Waals surface area contributed by atoms with E-state index in [0.717, 1.165) is 12.1 Å². The van der Waals surface area contributed by atoms with Crippen LogP contribution >= 0.6 is 0 Å². The quantitative estimate of drug-likeness (QED) is 0.465. The van der Waals surface area contributed by atoms with Gasteiger partial charge in [-0.2, -0.15) is 0 Å². The molecule has 0 atom stereocenters. The van der Waals surface area contributed by atoms with E-state index < -0.39 is 10.8 Å². The molecule has 0 radical (unpaired) electrons. The number of nitro groups is 1. The van der Waals surface area contributed by atoms with Crippen molar-refractivity contribution in [2.75, 3.05) is 26.8 Å². The van der Waals surface area contributed by atoms with Crippen LogP contribution in [-0.2, 0) is 4.74 Å². The molecule has 0 aliphatic rings. The average molecular weight is 280 g/mol. The van der Waals surface area contributed by atoms with Gasteiger partial charge in [-0.1, -0.05) is 6.08 Å². The van der Waals surface area contributed by atoms with E-state index in [1.54, 1.807) is 0 Å². The zero-order valence-corrected chi connectivity index (χ0v) is 11.1. The van der Waals surface area contributed by atoms with Gasteiger partial charge < -0.3 is 14.7 Å². The molecule has 0 fully saturated rings. The molecule has 1 amide bonds. The highest BCUT2D eigenvalue weighted by atomic mass is 16.6. The van der Waals surface area contributed by atoms with Crippen LogP contribution < -0.4 is 0 Å². The van der Waals surface area contributed by atoms with Gasteiger partial charge in [-0.25, -0.2) is 0 Å². The lowest BCUT2D eigenvalue weighted by Gasteiger charge is -2.20. The van der Waals surface area contributed by atoms with E-state index in [4.69, 9.17) is 4.74 Å². The Morgan fingerprint density at radius 2 is 2.30 bits per heavy atom. The number of nitrogens with zero attached hydrogens (tertiary/aromatic N) is 2. The number of methoxy groups -OCH3 is 1. The highest BCUT2D eigenvalue weighted by Crippen LogP contribution is 2.24. The van der Waals surface area contributed by atoms with Crippen molar-refractivity contribution in [3.8, 4) is 5.75 Å². The summed E-state index contributed by atoms with van der Waals surface area (Å²) in [5.41, 5.74) is -0.507. The summed E-state index contributed by atoms with van der Waals surface area (Å²) in [5.74, 6) is -0.756. The Morgan fingerprint density at radius 3 is 2.85 bits per heavy atom. The fourth-order valence-corrected chi connectivity index (χ4v) is 1.66. The van der Waals surface area contributed by atoms with Crippen molar-refractivity contribution >= 4 is 11.6 Å². The topological polar surface area (TPSA) is 92.9 Å². The number of rotatable bonds is 7. The van der Waals surface area contributed by atoms with Crippen molar-refractivity contribution < 1.29 is 19.6 Å². The maximum Gasteiger partial charge on any atom is 0.282 e. The van der Waals surface area contributed by atoms with Crippen molar-refractivity contribution in [1.82, 2.24) is 4.90 Å². The summed E-state index contributed by atoms with van der Waals surface area (Å²) in [7, 11) is 1.49. The molecule has 0 saturated carbocycles. The zero-order valence-electron chi connectivity index (χ0n) is 11.1. The predicted molar refractivity (Wildman–Crippen MR) is 72.7 cm³/mol. The Balaban J connectivity index is 3.12. The van der Waals surface area contributed by atoms with E-state index in [2.05, 4.69) is 6.58 Å². The fraction of sp³-hybridized carbons (Fsp3) is 0.308. The maximum atomic E-state index is 12.3. The fourth-order valence-electron chi connectivity index (χ4n) is 1.66. The van der Waals surface area contributed by atoms with Crippen LogP contribution in [0.3, 0.4) is 0 Å². The van der Waals surface area contributed by atoms with Gasteiger partial charge in [0, 0.05) is 26.3 Å². The molecule has 0 bridgehead atoms. The van der Waals surface area contributed by atoms with E-state index in [1.165, 1.54) is 24.2 Å². The second-order valence-corrected chi connectivity index (χ2v) is 3.99. The number of carbonyl (C=O) groups excluding carboxylic acids is 1. The van der Waals surface area contributed by atoms with Crippen LogP contribution in [0.25, 0.3) is 0 Å². The molecular formula is C13H16N2O5. The molecule has 7 heteroatoms. The minimum Gasteiger partial charge on any atom is -0.508 e. The zero-order chi connectivity index (χ0) is 15.1. The lowest BCUT2D eigenvalue weighted by Crippen LogP contribution is -2.34. The average Bonchev–Trinajstić information content (AvgIpc) is 2.42. The monoisotopic (exact) mass is 280 g/mol. The number of aromatic hydroxyl groups is 1. The van der Waals surface area contributed by atoms with Crippen molar-refractivity contribution in [3.05, 3.63) is 46.5 Å². The summed E-state index contributed by atoms with van der Waals surface area (Å²) in [5, 5.41) is 20.4. The van der Waals surface area contributed by atoms with E-state index in [9.17, 15) is 20.0 Å². The molecule has 0 aliphatic carbocycles. The number of ether oxygens (including phenoxy) is 1. The van der Waals surface area contributed by atoms with Crippen LogP contribution in [0.1, 0.15) is 10.4 Å². The SMILES string of the molecule is C=CCN(CCOC)C(=O)c1cc(O)ccc1[N+](=O)[O-]. The molecule has 1 aromatic rings. The molecule has 1 rings (SSSR count). The molecule has 0 aromatic heterocycles. The first kappa shape index (κ1) is 15.6. The molecule has 0 saturated heterocycles. The van der Waals surface area contributed by atoms with Crippen LogP contribution in [0, 0.1) is 10.1 Å². The Bertz CT molecular complexity index is 515. The maximum absolute atomic E-state index is 12.3. The van der Waals surface area contributed by atoms with E-state index in [0.29, 0.717) is 6.61 Å². The molecule has 0 aliphatic heterocycles. The van der Waals surface area contributed by atoms with Crippen LogP contribution in [0.15, 0.2) is 30.9 Å². The molecule has 1 N–H and O–H groups in total. The van der Waals surface area contributed by atoms with E-state index in [1.807, 2.05) is 0 Å². The van der Waals surface area contributed by atoms with Gasteiger partial charge in [0.25, 0.3) is 11.6 Å². The number of hydrogen-bond acceptors (Lipinski definition) is 5. The summed E-state index contributed by atoms with van der Waals surface area (Å²) >= 11 is 0. The lowest BCUT2D eigenvalue weighted by molar-refractivity contribution is -0.385. The number of amides is 1. The number of benzene rings is 1. The Labute approximate surface area is 116 Å². The summed E-state index contributed by atoms with van der Waals surface area (Å²) in [6.45, 7) is 4.34. The lowest BCUT2D eigenvalue weighted by atomic mass is 10.1. The third kappa shape index (κ3) is 3.79. The van der Waals surface area contributed by atoms with Gasteiger partial charge in [0.15, 0.2) is 0 Å². The smallest absolute Gasteiger partial charge is 0.282 e. The largest absolute Gasteiger partial charge is 0.508 e. The highest BCUT2D eigenvalue weighted by molar-refractivity contribution is 5.98. The van der Waals surface area contributed by atoms with Crippen LogP contribution in [0.5, 0.6) is 5.75 Å². The van der Waals surface area contributed by atoms with Gasteiger partial charge in [0.1, 0.15) is 11.3 Å². The molecule has 0 heterocycles. The Kier molecular flexibility index (Phi) is 5.67. The first-order chi connectivity index (χ1) is 9.51. The Morgan fingerprint density at radius 1 is 1.60 bits per heavy atom. The van der Waals surface area contributed by atoms with Gasteiger partial charge in [0.05, 0.1) is 11.5 Å². The van der Waals surface area contributed by atoms with E-state index >= 15 is 0 Å². The van der Waals surface area contributed by atoms with Gasteiger partial charge in [-0.3, -0.25) is 14.9 Å².